The van der Waals surface area contributed by atoms with Crippen molar-refractivity contribution in [2.75, 3.05) is 11.4 Å². The predicted molar refractivity (Wildman–Crippen MR) is 120 cm³/mol. The van der Waals surface area contributed by atoms with E-state index in [1.807, 2.05) is 0 Å². The molecule has 2 aromatic carbocycles. The Labute approximate surface area is 186 Å². The third-order valence-electron chi connectivity index (χ3n) is 6.52. The zero-order valence-corrected chi connectivity index (χ0v) is 18.3. The highest BCUT2D eigenvalue weighted by atomic mass is 16.5. The van der Waals surface area contributed by atoms with Crippen molar-refractivity contribution in [1.82, 2.24) is 0 Å². The minimum absolute atomic E-state index is 0.0122. The van der Waals surface area contributed by atoms with Gasteiger partial charge >= 0.3 is 5.97 Å². The van der Waals surface area contributed by atoms with Gasteiger partial charge < -0.3 is 14.1 Å². The smallest absolute Gasteiger partial charge is 0.311 e. The van der Waals surface area contributed by atoms with Gasteiger partial charge in [0.1, 0.15) is 5.58 Å². The number of anilines is 1. The fourth-order valence-corrected chi connectivity index (χ4v) is 4.85. The molecule has 0 saturated carbocycles. The van der Waals surface area contributed by atoms with Gasteiger partial charge in [0, 0.05) is 35.7 Å². The molecule has 3 aromatic rings. The van der Waals surface area contributed by atoms with E-state index < -0.39 is 12.1 Å². The number of hydrogen-bond donors (Lipinski definition) is 0. The van der Waals surface area contributed by atoms with Gasteiger partial charge in [0.15, 0.2) is 6.10 Å². The van der Waals surface area contributed by atoms with Crippen LogP contribution >= 0.6 is 0 Å². The van der Waals surface area contributed by atoms with Crippen molar-refractivity contribution in [2.24, 2.45) is 0 Å². The van der Waals surface area contributed by atoms with E-state index in [-0.39, 0.29) is 18.1 Å². The summed E-state index contributed by atoms with van der Waals surface area (Å²) >= 11 is 0. The van der Waals surface area contributed by atoms with Crippen molar-refractivity contribution in [2.45, 2.75) is 52.1 Å². The number of nitrogens with zero attached hydrogens (tertiary/aromatic N) is 1. The van der Waals surface area contributed by atoms with Gasteiger partial charge in [-0.2, -0.15) is 0 Å². The van der Waals surface area contributed by atoms with Gasteiger partial charge in [-0.15, -0.1) is 0 Å². The Hall–Kier alpha value is -3.41. The Balaban J connectivity index is 1.27. The summed E-state index contributed by atoms with van der Waals surface area (Å²) in [7, 11) is 0. The van der Waals surface area contributed by atoms with Gasteiger partial charge in [-0.05, 0) is 79.6 Å². The lowest BCUT2D eigenvalue weighted by molar-refractivity contribution is -0.145. The minimum atomic E-state index is -0.895. The molecule has 0 spiro atoms. The first-order chi connectivity index (χ1) is 15.4. The van der Waals surface area contributed by atoms with Gasteiger partial charge in [-0.1, -0.05) is 0 Å². The molecule has 6 nitrogen and oxygen atoms in total. The molecule has 1 aliphatic carbocycles. The molecule has 1 aliphatic heterocycles. The molecule has 1 aromatic heterocycles. The highest BCUT2D eigenvalue weighted by molar-refractivity contribution is 6.02. The number of carbonyl (C=O) groups is 3. The van der Waals surface area contributed by atoms with Crippen molar-refractivity contribution in [3.8, 4) is 0 Å². The predicted octanol–water partition coefficient (Wildman–Crippen LogP) is 4.19. The maximum Gasteiger partial charge on any atom is 0.311 e. The molecule has 164 valence electrons. The molecule has 0 radical (unpaired) electrons. The summed E-state index contributed by atoms with van der Waals surface area (Å²) in [5.41, 5.74) is 6.49. The van der Waals surface area contributed by atoms with E-state index in [4.69, 9.17) is 9.15 Å². The Bertz CT molecular complexity index is 1250. The Morgan fingerprint density at radius 2 is 1.84 bits per heavy atom. The van der Waals surface area contributed by atoms with Crippen molar-refractivity contribution in [3.63, 3.8) is 0 Å². The zero-order chi connectivity index (χ0) is 22.4. The van der Waals surface area contributed by atoms with Gasteiger partial charge in [-0.3, -0.25) is 14.4 Å². The molecule has 1 unspecified atom stereocenters. The average molecular weight is 431 g/mol. The number of ether oxygens (including phenoxy) is 1. The SMILES string of the molecule is CC(=O)N1CCc2cc(C(=O)C(C)OC(=O)Cc3coc4cc5c(cc34)CCC5)ccc21. The number of rotatable bonds is 5. The molecular formula is C26H25NO5. The number of aryl methyl sites for hydroxylation is 2. The van der Waals surface area contributed by atoms with Crippen molar-refractivity contribution in [3.05, 3.63) is 64.4 Å². The van der Waals surface area contributed by atoms with Gasteiger partial charge in [0.25, 0.3) is 0 Å². The van der Waals surface area contributed by atoms with E-state index in [1.165, 1.54) is 18.1 Å². The topological polar surface area (TPSA) is 76.8 Å². The fraction of sp³-hybridized carbons (Fsp3) is 0.346. The van der Waals surface area contributed by atoms with Gasteiger partial charge in [0.2, 0.25) is 11.7 Å². The molecule has 0 saturated heterocycles. The van der Waals surface area contributed by atoms with Crippen LogP contribution < -0.4 is 4.90 Å². The molecule has 2 heterocycles. The normalized spacial score (nSPS) is 15.5. The Morgan fingerprint density at radius 1 is 1.06 bits per heavy atom. The highest BCUT2D eigenvalue weighted by Gasteiger charge is 2.26. The fourth-order valence-electron chi connectivity index (χ4n) is 4.85. The summed E-state index contributed by atoms with van der Waals surface area (Å²) in [6, 6.07) is 9.47. The van der Waals surface area contributed by atoms with Crippen LogP contribution in [-0.4, -0.2) is 30.3 Å². The number of benzene rings is 2. The second-order valence-corrected chi connectivity index (χ2v) is 8.67. The standard InChI is InChI=1S/C26H25NO5/c1-15(26(30)20-6-7-23-19(10-20)8-9-27(23)16(2)28)32-25(29)13-21-14-31-24-12-18-5-3-4-17(18)11-22(21)24/h6-7,10-12,14-15H,3-5,8-9,13H2,1-2H3. The number of ketones is 1. The van der Waals surface area contributed by atoms with Crippen LogP contribution in [0.25, 0.3) is 11.0 Å². The summed E-state index contributed by atoms with van der Waals surface area (Å²) in [4.78, 5) is 38.9. The lowest BCUT2D eigenvalue weighted by atomic mass is 10.0. The number of amides is 1. The van der Waals surface area contributed by atoms with Crippen LogP contribution in [0, 0.1) is 0 Å². The molecule has 6 heteroatoms. The number of esters is 1. The van der Waals surface area contributed by atoms with Crippen LogP contribution in [0.5, 0.6) is 0 Å². The van der Waals surface area contributed by atoms with Crippen LogP contribution in [0.15, 0.2) is 41.0 Å². The Morgan fingerprint density at radius 3 is 2.62 bits per heavy atom. The highest BCUT2D eigenvalue weighted by Crippen LogP contribution is 2.31. The Kier molecular flexibility index (Phi) is 5.08. The first-order valence-corrected chi connectivity index (χ1v) is 11.1. The lowest BCUT2D eigenvalue weighted by Crippen LogP contribution is -2.26. The molecule has 0 N–H and O–H groups in total. The molecule has 1 amide bonds. The van der Waals surface area contributed by atoms with Gasteiger partial charge in [0.05, 0.1) is 12.7 Å². The third kappa shape index (κ3) is 3.60. The summed E-state index contributed by atoms with van der Waals surface area (Å²) in [6.07, 6.45) is 4.74. The molecule has 1 atom stereocenters. The first kappa shape index (κ1) is 20.5. The van der Waals surface area contributed by atoms with Crippen LogP contribution in [0.4, 0.5) is 5.69 Å². The molecule has 0 fully saturated rings. The van der Waals surface area contributed by atoms with E-state index >= 15 is 0 Å². The second kappa shape index (κ2) is 7.93. The molecule has 2 aliphatic rings. The first-order valence-electron chi connectivity index (χ1n) is 11.1. The van der Waals surface area contributed by atoms with Crippen LogP contribution in [0.3, 0.4) is 0 Å². The quantitative estimate of drug-likeness (QED) is 0.447. The number of fused-ring (bicyclic) bond motifs is 3. The van der Waals surface area contributed by atoms with E-state index in [9.17, 15) is 14.4 Å². The van der Waals surface area contributed by atoms with Crippen LogP contribution in [-0.2, 0) is 40.0 Å². The largest absolute Gasteiger partial charge is 0.464 e. The summed E-state index contributed by atoms with van der Waals surface area (Å²) in [6.45, 7) is 3.75. The van der Waals surface area contributed by atoms with E-state index in [0.29, 0.717) is 18.5 Å². The van der Waals surface area contributed by atoms with Crippen LogP contribution in [0.2, 0.25) is 0 Å². The lowest BCUT2D eigenvalue weighted by Gasteiger charge is -2.16. The molecule has 0 bridgehead atoms. The summed E-state index contributed by atoms with van der Waals surface area (Å²) in [5, 5.41) is 0.940. The molecule has 32 heavy (non-hydrogen) atoms. The molecule has 5 rings (SSSR count). The van der Waals surface area contributed by atoms with Crippen LogP contribution in [0.1, 0.15) is 52.9 Å². The average Bonchev–Trinajstić information content (AvgIpc) is 3.49. The zero-order valence-electron chi connectivity index (χ0n) is 18.3. The van der Waals surface area contributed by atoms with E-state index in [0.717, 1.165) is 47.0 Å². The maximum atomic E-state index is 12.9. The second-order valence-electron chi connectivity index (χ2n) is 8.67. The van der Waals surface area contributed by atoms with E-state index in [2.05, 4.69) is 12.1 Å². The molecular weight excluding hydrogens is 406 g/mol. The number of Topliss-reactive ketones (excluding diaryl/α,β-unsaturated/α-hetero) is 1. The van der Waals surface area contributed by atoms with Gasteiger partial charge in [-0.25, -0.2) is 0 Å². The number of carbonyl (C=O) groups excluding carboxylic acids is 3. The summed E-state index contributed by atoms with van der Waals surface area (Å²) < 4.78 is 11.1. The summed E-state index contributed by atoms with van der Waals surface area (Å²) in [5.74, 6) is -0.725. The van der Waals surface area contributed by atoms with E-state index in [1.54, 1.807) is 36.3 Å². The maximum absolute atomic E-state index is 12.9. The minimum Gasteiger partial charge on any atom is -0.464 e. The monoisotopic (exact) mass is 431 g/mol. The van der Waals surface area contributed by atoms with Crippen molar-refractivity contribution < 1.29 is 23.5 Å². The third-order valence-corrected chi connectivity index (χ3v) is 6.52. The number of hydrogen-bond acceptors (Lipinski definition) is 5. The number of furan rings is 1. The van der Waals surface area contributed by atoms with Crippen molar-refractivity contribution in [1.29, 1.82) is 0 Å². The van der Waals surface area contributed by atoms with Crippen molar-refractivity contribution >= 4 is 34.3 Å².